The predicted octanol–water partition coefficient (Wildman–Crippen LogP) is 3.30. The second-order valence-corrected chi connectivity index (χ2v) is 5.51. The summed E-state index contributed by atoms with van der Waals surface area (Å²) in [7, 11) is 0. The lowest BCUT2D eigenvalue weighted by atomic mass is 10.3. The third-order valence-electron chi connectivity index (χ3n) is 2.46. The SMILES string of the molecule is CCNc1nc(NCc2cnc(C)s2)cc(C(F)(F)F)n1. The maximum absolute atomic E-state index is 12.8. The van der Waals surface area contributed by atoms with Crippen LogP contribution in [0.25, 0.3) is 0 Å². The molecule has 0 aliphatic rings. The molecule has 0 radical (unpaired) electrons. The highest BCUT2D eigenvalue weighted by Crippen LogP contribution is 2.29. The number of halogens is 3. The maximum Gasteiger partial charge on any atom is 0.433 e. The van der Waals surface area contributed by atoms with Gasteiger partial charge in [-0.3, -0.25) is 0 Å². The summed E-state index contributed by atoms with van der Waals surface area (Å²) >= 11 is 1.48. The molecular formula is C12H14F3N5S. The van der Waals surface area contributed by atoms with Crippen molar-refractivity contribution in [1.29, 1.82) is 0 Å². The fourth-order valence-electron chi connectivity index (χ4n) is 1.58. The second-order valence-electron chi connectivity index (χ2n) is 4.19. The van der Waals surface area contributed by atoms with Crippen LogP contribution in [-0.4, -0.2) is 21.5 Å². The molecule has 9 heteroatoms. The minimum absolute atomic E-state index is 0.0460. The Balaban J connectivity index is 2.19. The minimum atomic E-state index is -4.51. The van der Waals surface area contributed by atoms with Gasteiger partial charge in [-0.05, 0) is 13.8 Å². The number of thiazole rings is 1. The third kappa shape index (κ3) is 4.28. The number of hydrogen-bond donors (Lipinski definition) is 2. The number of hydrogen-bond acceptors (Lipinski definition) is 6. The van der Waals surface area contributed by atoms with E-state index in [-0.39, 0.29) is 11.8 Å². The van der Waals surface area contributed by atoms with E-state index in [0.29, 0.717) is 13.1 Å². The highest BCUT2D eigenvalue weighted by Gasteiger charge is 2.33. The Morgan fingerprint density at radius 3 is 2.57 bits per heavy atom. The zero-order valence-corrected chi connectivity index (χ0v) is 12.3. The molecule has 0 amide bonds. The molecule has 0 spiro atoms. The van der Waals surface area contributed by atoms with Gasteiger partial charge in [0, 0.05) is 23.7 Å². The van der Waals surface area contributed by atoms with Gasteiger partial charge < -0.3 is 10.6 Å². The van der Waals surface area contributed by atoms with Gasteiger partial charge in [-0.25, -0.2) is 9.97 Å². The molecule has 0 unspecified atom stereocenters. The molecule has 0 saturated heterocycles. The standard InChI is InChI=1S/C12H14F3N5S/c1-3-16-11-19-9(12(13,14)15)4-10(20-11)18-6-8-5-17-7(2)21-8/h4-5H,3,6H2,1-2H3,(H2,16,18,19,20). The number of anilines is 2. The maximum atomic E-state index is 12.8. The smallest absolute Gasteiger partial charge is 0.365 e. The molecule has 2 heterocycles. The van der Waals surface area contributed by atoms with E-state index in [1.807, 2.05) is 6.92 Å². The quantitative estimate of drug-likeness (QED) is 0.886. The van der Waals surface area contributed by atoms with Crippen LogP contribution in [0.3, 0.4) is 0 Å². The van der Waals surface area contributed by atoms with Crippen molar-refractivity contribution in [2.75, 3.05) is 17.2 Å². The number of alkyl halides is 3. The number of nitrogens with one attached hydrogen (secondary N) is 2. The molecule has 5 nitrogen and oxygen atoms in total. The summed E-state index contributed by atoms with van der Waals surface area (Å²) in [4.78, 5) is 12.5. The topological polar surface area (TPSA) is 62.7 Å². The Morgan fingerprint density at radius 2 is 2.00 bits per heavy atom. The van der Waals surface area contributed by atoms with Crippen LogP contribution in [0.15, 0.2) is 12.3 Å². The van der Waals surface area contributed by atoms with Gasteiger partial charge >= 0.3 is 6.18 Å². The Hall–Kier alpha value is -1.90. The molecule has 0 atom stereocenters. The molecule has 0 aliphatic carbocycles. The van der Waals surface area contributed by atoms with E-state index in [4.69, 9.17) is 0 Å². The predicted molar refractivity (Wildman–Crippen MR) is 75.4 cm³/mol. The Labute approximate surface area is 123 Å². The molecule has 2 aromatic rings. The third-order valence-corrected chi connectivity index (χ3v) is 3.38. The minimum Gasteiger partial charge on any atom is -0.365 e. The molecule has 0 aliphatic heterocycles. The molecule has 114 valence electrons. The lowest BCUT2D eigenvalue weighted by molar-refractivity contribution is -0.141. The summed E-state index contributed by atoms with van der Waals surface area (Å²) in [6, 6.07) is 0.898. The van der Waals surface area contributed by atoms with E-state index in [1.54, 1.807) is 13.1 Å². The highest BCUT2D eigenvalue weighted by atomic mass is 32.1. The summed E-state index contributed by atoms with van der Waals surface area (Å²) in [5, 5.41) is 6.46. The van der Waals surface area contributed by atoms with Gasteiger partial charge in [-0.1, -0.05) is 0 Å². The summed E-state index contributed by atoms with van der Waals surface area (Å²) < 4.78 is 38.4. The fourth-order valence-corrected chi connectivity index (χ4v) is 2.32. The average molecular weight is 317 g/mol. The number of aryl methyl sites for hydroxylation is 1. The van der Waals surface area contributed by atoms with Crippen molar-refractivity contribution in [2.24, 2.45) is 0 Å². The number of rotatable bonds is 5. The fraction of sp³-hybridized carbons (Fsp3) is 0.417. The molecule has 0 fully saturated rings. The van der Waals surface area contributed by atoms with Gasteiger partial charge in [0.2, 0.25) is 5.95 Å². The van der Waals surface area contributed by atoms with Crippen molar-refractivity contribution in [3.63, 3.8) is 0 Å². The first kappa shape index (κ1) is 15.5. The van der Waals surface area contributed by atoms with Crippen molar-refractivity contribution < 1.29 is 13.2 Å². The van der Waals surface area contributed by atoms with Crippen molar-refractivity contribution >= 4 is 23.1 Å². The summed E-state index contributed by atoms with van der Waals surface area (Å²) in [6.07, 6.45) is -2.82. The summed E-state index contributed by atoms with van der Waals surface area (Å²) in [6.45, 7) is 4.43. The van der Waals surface area contributed by atoms with E-state index >= 15 is 0 Å². The van der Waals surface area contributed by atoms with Gasteiger partial charge in [0.1, 0.15) is 5.82 Å². The first-order valence-corrected chi connectivity index (χ1v) is 7.05. The molecule has 0 aromatic carbocycles. The molecule has 2 rings (SSSR count). The second kappa shape index (κ2) is 6.25. The van der Waals surface area contributed by atoms with E-state index in [2.05, 4.69) is 25.6 Å². The lowest BCUT2D eigenvalue weighted by Crippen LogP contribution is -2.14. The monoisotopic (exact) mass is 317 g/mol. The van der Waals surface area contributed by atoms with Crippen LogP contribution in [0.4, 0.5) is 24.9 Å². The number of nitrogens with zero attached hydrogens (tertiary/aromatic N) is 3. The van der Waals surface area contributed by atoms with E-state index in [0.717, 1.165) is 16.0 Å². The zero-order chi connectivity index (χ0) is 15.5. The molecule has 0 saturated carbocycles. The summed E-state index contributed by atoms with van der Waals surface area (Å²) in [5.41, 5.74) is -0.976. The van der Waals surface area contributed by atoms with Crippen molar-refractivity contribution in [2.45, 2.75) is 26.6 Å². The molecule has 21 heavy (non-hydrogen) atoms. The van der Waals surface area contributed by atoms with Crippen LogP contribution in [-0.2, 0) is 12.7 Å². The van der Waals surface area contributed by atoms with E-state index < -0.39 is 11.9 Å². The van der Waals surface area contributed by atoms with Crippen molar-refractivity contribution in [3.8, 4) is 0 Å². The van der Waals surface area contributed by atoms with Gasteiger partial charge in [-0.15, -0.1) is 11.3 Å². The van der Waals surface area contributed by atoms with Gasteiger partial charge in [0.15, 0.2) is 5.69 Å². The largest absolute Gasteiger partial charge is 0.433 e. The van der Waals surface area contributed by atoms with Gasteiger partial charge in [-0.2, -0.15) is 18.2 Å². The average Bonchev–Trinajstić information content (AvgIpc) is 2.81. The molecule has 2 aromatic heterocycles. The van der Waals surface area contributed by atoms with Crippen molar-refractivity contribution in [3.05, 3.63) is 27.8 Å². The number of aromatic nitrogens is 3. The van der Waals surface area contributed by atoms with Crippen LogP contribution < -0.4 is 10.6 Å². The van der Waals surface area contributed by atoms with Crippen LogP contribution >= 0.6 is 11.3 Å². The van der Waals surface area contributed by atoms with Gasteiger partial charge in [0.25, 0.3) is 0 Å². The zero-order valence-electron chi connectivity index (χ0n) is 11.5. The Kier molecular flexibility index (Phi) is 4.61. The first-order chi connectivity index (χ1) is 9.88. The van der Waals surface area contributed by atoms with Gasteiger partial charge in [0.05, 0.1) is 11.6 Å². The Bertz CT molecular complexity index is 611. The van der Waals surface area contributed by atoms with Crippen LogP contribution in [0.2, 0.25) is 0 Å². The van der Waals surface area contributed by atoms with Crippen molar-refractivity contribution in [1.82, 2.24) is 15.0 Å². The summed E-state index contributed by atoms with van der Waals surface area (Å²) in [5.74, 6) is 0.0784. The highest BCUT2D eigenvalue weighted by molar-refractivity contribution is 7.11. The Morgan fingerprint density at radius 1 is 1.24 bits per heavy atom. The molecule has 0 bridgehead atoms. The normalized spacial score (nSPS) is 11.5. The molecular weight excluding hydrogens is 303 g/mol. The van der Waals surface area contributed by atoms with Crippen LogP contribution in [0.1, 0.15) is 22.5 Å². The molecule has 2 N–H and O–H groups in total. The van der Waals surface area contributed by atoms with E-state index in [9.17, 15) is 13.2 Å². The lowest BCUT2D eigenvalue weighted by Gasteiger charge is -2.11. The van der Waals surface area contributed by atoms with Crippen LogP contribution in [0.5, 0.6) is 0 Å². The van der Waals surface area contributed by atoms with E-state index in [1.165, 1.54) is 11.3 Å². The first-order valence-electron chi connectivity index (χ1n) is 6.24. The van der Waals surface area contributed by atoms with Crippen LogP contribution in [0, 0.1) is 6.92 Å².